The van der Waals surface area contributed by atoms with Crippen LogP contribution in [0.1, 0.15) is 26.1 Å². The number of carbonyl (C=O) groups is 1. The number of fused-ring (bicyclic) bond motifs is 1. The molecule has 84 valence electrons. The van der Waals surface area contributed by atoms with E-state index in [2.05, 4.69) is 32.4 Å². The van der Waals surface area contributed by atoms with E-state index in [1.807, 2.05) is 0 Å². The van der Waals surface area contributed by atoms with Gasteiger partial charge in [-0.05, 0) is 6.42 Å². The molecule has 0 fully saturated rings. The summed E-state index contributed by atoms with van der Waals surface area (Å²) in [6.07, 6.45) is 3.52. The summed E-state index contributed by atoms with van der Waals surface area (Å²) in [7, 11) is 0. The largest absolute Gasteiger partial charge is 0.309 e. The number of nitrogens with one attached hydrogen (secondary N) is 2. The number of aryl methyl sites for hydroxylation is 1. The third kappa shape index (κ3) is 2.00. The molecular formula is C10H13N5O. The van der Waals surface area contributed by atoms with E-state index in [-0.39, 0.29) is 5.91 Å². The number of anilines is 1. The smallest absolute Gasteiger partial charge is 0.222 e. The lowest BCUT2D eigenvalue weighted by Crippen LogP contribution is -2.06. The third-order valence-electron chi connectivity index (χ3n) is 2.14. The number of hydrogen-bond acceptors (Lipinski definition) is 4. The molecule has 16 heavy (non-hydrogen) atoms. The number of nitrogens with zero attached hydrogens (tertiary/aromatic N) is 3. The average molecular weight is 219 g/mol. The second-order valence-corrected chi connectivity index (χ2v) is 3.55. The molecule has 0 spiro atoms. The van der Waals surface area contributed by atoms with Crippen molar-refractivity contribution in [3.63, 3.8) is 0 Å². The molecule has 6 nitrogen and oxygen atoms in total. The van der Waals surface area contributed by atoms with E-state index in [4.69, 9.17) is 0 Å². The maximum Gasteiger partial charge on any atom is 0.222 e. The zero-order chi connectivity index (χ0) is 11.5. The van der Waals surface area contributed by atoms with Gasteiger partial charge in [-0.25, -0.2) is 9.97 Å². The van der Waals surface area contributed by atoms with Gasteiger partial charge in [0.1, 0.15) is 5.82 Å². The minimum absolute atomic E-state index is 0.161. The molecule has 0 unspecified atom stereocenters. The maximum absolute atomic E-state index is 10.9. The fraction of sp³-hybridized carbons (Fsp3) is 0.400. The van der Waals surface area contributed by atoms with Crippen LogP contribution in [0.15, 0.2) is 6.20 Å². The van der Waals surface area contributed by atoms with Gasteiger partial charge in [0.05, 0.1) is 5.39 Å². The maximum atomic E-state index is 10.9. The van der Waals surface area contributed by atoms with Crippen molar-refractivity contribution in [3.05, 3.63) is 12.0 Å². The molecule has 0 bridgehead atoms. The first kappa shape index (κ1) is 10.5. The van der Waals surface area contributed by atoms with Gasteiger partial charge in [0.15, 0.2) is 11.5 Å². The van der Waals surface area contributed by atoms with Gasteiger partial charge in [-0.15, -0.1) is 0 Å². The van der Waals surface area contributed by atoms with Crippen molar-refractivity contribution in [2.75, 3.05) is 5.32 Å². The quantitative estimate of drug-likeness (QED) is 0.814. The molecule has 2 aromatic rings. The molecule has 0 aliphatic carbocycles. The van der Waals surface area contributed by atoms with Gasteiger partial charge < -0.3 is 5.32 Å². The summed E-state index contributed by atoms with van der Waals surface area (Å²) in [6, 6.07) is 0. The SMILES string of the molecule is CCCc1ncc2c(NC(C)=O)n[nH]c2n1. The highest BCUT2D eigenvalue weighted by Crippen LogP contribution is 2.17. The third-order valence-corrected chi connectivity index (χ3v) is 2.14. The Balaban J connectivity index is 2.38. The summed E-state index contributed by atoms with van der Waals surface area (Å²) in [5.41, 5.74) is 0.655. The van der Waals surface area contributed by atoms with Crippen molar-refractivity contribution < 1.29 is 4.79 Å². The lowest BCUT2D eigenvalue weighted by molar-refractivity contribution is -0.114. The predicted molar refractivity (Wildman–Crippen MR) is 60.0 cm³/mol. The molecule has 0 aromatic carbocycles. The van der Waals surface area contributed by atoms with Crippen LogP contribution in [0.5, 0.6) is 0 Å². The number of carbonyl (C=O) groups excluding carboxylic acids is 1. The molecule has 0 atom stereocenters. The molecule has 0 saturated heterocycles. The summed E-state index contributed by atoms with van der Waals surface area (Å²) in [5, 5.41) is 10.1. The highest BCUT2D eigenvalue weighted by atomic mass is 16.1. The molecule has 0 saturated carbocycles. The van der Waals surface area contributed by atoms with Gasteiger partial charge >= 0.3 is 0 Å². The lowest BCUT2D eigenvalue weighted by atomic mass is 10.3. The summed E-state index contributed by atoms with van der Waals surface area (Å²) in [4.78, 5) is 19.4. The minimum atomic E-state index is -0.161. The number of rotatable bonds is 3. The highest BCUT2D eigenvalue weighted by Gasteiger charge is 2.08. The van der Waals surface area contributed by atoms with Crippen molar-refractivity contribution in [3.8, 4) is 0 Å². The molecular weight excluding hydrogens is 206 g/mol. The molecule has 0 aliphatic rings. The summed E-state index contributed by atoms with van der Waals surface area (Å²) in [5.74, 6) is 1.10. The van der Waals surface area contributed by atoms with E-state index in [1.54, 1.807) is 6.20 Å². The van der Waals surface area contributed by atoms with Crippen molar-refractivity contribution in [1.82, 2.24) is 20.2 Å². The Morgan fingerprint density at radius 2 is 2.38 bits per heavy atom. The summed E-state index contributed by atoms with van der Waals surface area (Å²) < 4.78 is 0. The molecule has 2 N–H and O–H groups in total. The zero-order valence-electron chi connectivity index (χ0n) is 9.24. The molecule has 2 rings (SSSR count). The van der Waals surface area contributed by atoms with Crippen LogP contribution in [-0.2, 0) is 11.2 Å². The van der Waals surface area contributed by atoms with Crippen LogP contribution in [0.2, 0.25) is 0 Å². The Hall–Kier alpha value is -1.98. The number of aromatic amines is 1. The van der Waals surface area contributed by atoms with E-state index >= 15 is 0 Å². The number of amides is 1. The normalized spacial score (nSPS) is 10.6. The number of H-pyrrole nitrogens is 1. The average Bonchev–Trinajstić information content (AvgIpc) is 2.61. The Morgan fingerprint density at radius 3 is 3.06 bits per heavy atom. The van der Waals surface area contributed by atoms with Crippen LogP contribution in [0.25, 0.3) is 11.0 Å². The van der Waals surface area contributed by atoms with Crippen molar-refractivity contribution >= 4 is 22.8 Å². The van der Waals surface area contributed by atoms with Gasteiger partial charge in [0.25, 0.3) is 0 Å². The Labute approximate surface area is 92.5 Å². The van der Waals surface area contributed by atoms with Crippen molar-refractivity contribution in [2.45, 2.75) is 26.7 Å². The van der Waals surface area contributed by atoms with E-state index in [0.29, 0.717) is 11.5 Å². The van der Waals surface area contributed by atoms with E-state index in [1.165, 1.54) is 6.92 Å². The van der Waals surface area contributed by atoms with Gasteiger partial charge in [-0.1, -0.05) is 6.92 Å². The lowest BCUT2D eigenvalue weighted by Gasteiger charge is -1.98. The van der Waals surface area contributed by atoms with E-state index < -0.39 is 0 Å². The molecule has 1 amide bonds. The molecule has 6 heteroatoms. The predicted octanol–water partition coefficient (Wildman–Crippen LogP) is 1.26. The topological polar surface area (TPSA) is 83.6 Å². The van der Waals surface area contributed by atoms with Crippen molar-refractivity contribution in [1.29, 1.82) is 0 Å². The molecule has 2 aromatic heterocycles. The molecule has 2 heterocycles. The minimum Gasteiger partial charge on any atom is -0.309 e. The van der Waals surface area contributed by atoms with Crippen LogP contribution < -0.4 is 5.32 Å². The first-order valence-corrected chi connectivity index (χ1v) is 5.18. The van der Waals surface area contributed by atoms with Gasteiger partial charge in [0.2, 0.25) is 5.91 Å². The Morgan fingerprint density at radius 1 is 1.56 bits per heavy atom. The second-order valence-electron chi connectivity index (χ2n) is 3.55. The summed E-state index contributed by atoms with van der Waals surface area (Å²) >= 11 is 0. The van der Waals surface area contributed by atoms with Crippen LogP contribution in [0.3, 0.4) is 0 Å². The van der Waals surface area contributed by atoms with Gasteiger partial charge in [-0.2, -0.15) is 5.10 Å². The van der Waals surface area contributed by atoms with Gasteiger partial charge in [-0.3, -0.25) is 9.89 Å². The first-order chi connectivity index (χ1) is 7.70. The fourth-order valence-corrected chi connectivity index (χ4v) is 1.45. The number of hydrogen-bond donors (Lipinski definition) is 2. The fourth-order valence-electron chi connectivity index (χ4n) is 1.45. The van der Waals surface area contributed by atoms with Gasteiger partial charge in [0, 0.05) is 19.5 Å². The summed E-state index contributed by atoms with van der Waals surface area (Å²) in [6.45, 7) is 3.51. The standard InChI is InChI=1S/C10H13N5O/c1-3-4-8-11-5-7-9(12-6(2)16)14-15-10(7)13-8/h5H,3-4H2,1-2H3,(H2,11,12,13,14,15,16). The Kier molecular flexibility index (Phi) is 2.80. The number of aromatic nitrogens is 4. The second kappa shape index (κ2) is 4.26. The van der Waals surface area contributed by atoms with Crippen LogP contribution in [-0.4, -0.2) is 26.1 Å². The Bertz CT molecular complexity index is 519. The zero-order valence-corrected chi connectivity index (χ0v) is 9.24. The van der Waals surface area contributed by atoms with E-state index in [0.717, 1.165) is 24.1 Å². The monoisotopic (exact) mass is 219 g/mol. The highest BCUT2D eigenvalue weighted by molar-refractivity contribution is 5.97. The van der Waals surface area contributed by atoms with Crippen LogP contribution in [0, 0.1) is 0 Å². The molecule has 0 aliphatic heterocycles. The first-order valence-electron chi connectivity index (χ1n) is 5.18. The van der Waals surface area contributed by atoms with Crippen LogP contribution >= 0.6 is 0 Å². The van der Waals surface area contributed by atoms with E-state index in [9.17, 15) is 4.79 Å². The van der Waals surface area contributed by atoms with Crippen molar-refractivity contribution in [2.24, 2.45) is 0 Å². The van der Waals surface area contributed by atoms with Crippen LogP contribution in [0.4, 0.5) is 5.82 Å². The molecule has 0 radical (unpaired) electrons.